The smallest absolute Gasteiger partial charge is 0.155 e. The van der Waals surface area contributed by atoms with Crippen molar-refractivity contribution in [3.63, 3.8) is 0 Å². The van der Waals surface area contributed by atoms with Crippen LogP contribution in [0.15, 0.2) is 12.3 Å². The van der Waals surface area contributed by atoms with Gasteiger partial charge in [-0.15, -0.1) is 0 Å². The first-order valence-corrected chi connectivity index (χ1v) is 7.20. The minimum Gasteiger partial charge on any atom is -0.310 e. The summed E-state index contributed by atoms with van der Waals surface area (Å²) in [6.07, 6.45) is 6.16. The maximum atomic E-state index is 4.51. The highest BCUT2D eigenvalue weighted by Gasteiger charge is 2.19. The lowest BCUT2D eigenvalue weighted by atomic mass is 9.85. The highest BCUT2D eigenvalue weighted by Crippen LogP contribution is 2.26. The molecular weight excluding hydrogens is 236 g/mol. The molecular formula is C15H22N4. The third-order valence-corrected chi connectivity index (χ3v) is 4.29. The van der Waals surface area contributed by atoms with E-state index >= 15 is 0 Å². The molecule has 1 atom stereocenters. The van der Waals surface area contributed by atoms with Crippen molar-refractivity contribution >= 4 is 5.65 Å². The molecule has 0 amide bonds. The molecule has 0 aromatic carbocycles. The van der Waals surface area contributed by atoms with E-state index in [-0.39, 0.29) is 0 Å². The Hall–Kier alpha value is -1.42. The minimum atomic E-state index is 0.335. The Morgan fingerprint density at radius 3 is 2.89 bits per heavy atom. The van der Waals surface area contributed by atoms with Crippen LogP contribution < -0.4 is 5.32 Å². The largest absolute Gasteiger partial charge is 0.310 e. The van der Waals surface area contributed by atoms with Gasteiger partial charge in [0.2, 0.25) is 0 Å². The third-order valence-electron chi connectivity index (χ3n) is 4.29. The fourth-order valence-electron chi connectivity index (χ4n) is 2.75. The van der Waals surface area contributed by atoms with Crippen molar-refractivity contribution in [2.24, 2.45) is 5.92 Å². The standard InChI is InChI=1S/C15H22N4/c1-10-7-15-17-9-14(12(3)19(15)18-10)11(2)16-8-13-5-4-6-13/h7,9,11,13,16H,4-6,8H2,1-3H3. The second kappa shape index (κ2) is 4.93. The Morgan fingerprint density at radius 2 is 2.21 bits per heavy atom. The minimum absolute atomic E-state index is 0.335. The van der Waals surface area contributed by atoms with Gasteiger partial charge in [-0.05, 0) is 46.1 Å². The van der Waals surface area contributed by atoms with E-state index in [1.54, 1.807) is 0 Å². The van der Waals surface area contributed by atoms with Gasteiger partial charge in [-0.3, -0.25) is 0 Å². The van der Waals surface area contributed by atoms with Gasteiger partial charge in [-0.2, -0.15) is 5.10 Å². The Morgan fingerprint density at radius 1 is 1.42 bits per heavy atom. The lowest BCUT2D eigenvalue weighted by Crippen LogP contribution is -2.30. The van der Waals surface area contributed by atoms with Gasteiger partial charge in [0.15, 0.2) is 5.65 Å². The van der Waals surface area contributed by atoms with Crippen molar-refractivity contribution in [3.05, 3.63) is 29.2 Å². The topological polar surface area (TPSA) is 42.2 Å². The molecule has 1 fully saturated rings. The van der Waals surface area contributed by atoms with Gasteiger partial charge in [0.05, 0.1) is 5.69 Å². The summed E-state index contributed by atoms with van der Waals surface area (Å²) in [5.41, 5.74) is 4.38. The molecule has 0 saturated heterocycles. The van der Waals surface area contributed by atoms with Crippen molar-refractivity contribution < 1.29 is 0 Å². The van der Waals surface area contributed by atoms with Gasteiger partial charge >= 0.3 is 0 Å². The molecule has 1 unspecified atom stereocenters. The van der Waals surface area contributed by atoms with Gasteiger partial charge in [0, 0.05) is 29.6 Å². The summed E-state index contributed by atoms with van der Waals surface area (Å²) < 4.78 is 1.95. The Labute approximate surface area is 114 Å². The zero-order valence-electron chi connectivity index (χ0n) is 12.0. The predicted octanol–water partition coefficient (Wildman–Crippen LogP) is 2.80. The molecule has 3 rings (SSSR count). The SMILES string of the molecule is Cc1cc2ncc(C(C)NCC3CCC3)c(C)n2n1. The van der Waals surface area contributed by atoms with Crippen molar-refractivity contribution in [2.45, 2.75) is 46.1 Å². The maximum Gasteiger partial charge on any atom is 0.155 e. The summed E-state index contributed by atoms with van der Waals surface area (Å²) in [5, 5.41) is 8.14. The summed E-state index contributed by atoms with van der Waals surface area (Å²) in [6.45, 7) is 7.46. The average Bonchev–Trinajstić information content (AvgIpc) is 2.69. The number of fused-ring (bicyclic) bond motifs is 1. The van der Waals surface area contributed by atoms with Crippen molar-refractivity contribution in [3.8, 4) is 0 Å². The van der Waals surface area contributed by atoms with Gasteiger partial charge in [-0.1, -0.05) is 6.42 Å². The maximum absolute atomic E-state index is 4.51. The first kappa shape index (κ1) is 12.6. The van der Waals surface area contributed by atoms with Crippen LogP contribution in [0.2, 0.25) is 0 Å². The highest BCUT2D eigenvalue weighted by atomic mass is 15.3. The molecule has 2 aromatic heterocycles. The van der Waals surface area contributed by atoms with Crippen LogP contribution in [0.4, 0.5) is 0 Å². The lowest BCUT2D eigenvalue weighted by molar-refractivity contribution is 0.292. The summed E-state index contributed by atoms with van der Waals surface area (Å²) in [4.78, 5) is 4.51. The molecule has 1 saturated carbocycles. The van der Waals surface area contributed by atoms with Crippen LogP contribution >= 0.6 is 0 Å². The van der Waals surface area contributed by atoms with Crippen molar-refractivity contribution in [1.29, 1.82) is 0 Å². The first-order chi connectivity index (χ1) is 9.15. The Balaban J connectivity index is 1.80. The van der Waals surface area contributed by atoms with Crippen LogP contribution in [-0.4, -0.2) is 21.1 Å². The van der Waals surface area contributed by atoms with Gasteiger partial charge in [-0.25, -0.2) is 9.50 Å². The second-order valence-corrected chi connectivity index (χ2v) is 5.78. The molecule has 4 nitrogen and oxygen atoms in total. The summed E-state index contributed by atoms with van der Waals surface area (Å²) in [6, 6.07) is 2.35. The predicted molar refractivity (Wildman–Crippen MR) is 76.2 cm³/mol. The third kappa shape index (κ3) is 2.37. The number of rotatable bonds is 4. The zero-order valence-corrected chi connectivity index (χ0v) is 12.0. The van der Waals surface area contributed by atoms with Gasteiger partial charge < -0.3 is 5.32 Å². The number of hydrogen-bond acceptors (Lipinski definition) is 3. The molecule has 1 N–H and O–H groups in total. The monoisotopic (exact) mass is 258 g/mol. The van der Waals surface area contributed by atoms with Gasteiger partial charge in [0.25, 0.3) is 0 Å². The fraction of sp³-hybridized carbons (Fsp3) is 0.600. The molecule has 0 spiro atoms. The molecule has 2 aromatic rings. The summed E-state index contributed by atoms with van der Waals surface area (Å²) in [7, 11) is 0. The molecule has 1 aliphatic rings. The Kier molecular flexibility index (Phi) is 3.27. The van der Waals surface area contributed by atoms with Crippen LogP contribution in [0, 0.1) is 19.8 Å². The van der Waals surface area contributed by atoms with Crippen LogP contribution in [0.5, 0.6) is 0 Å². The van der Waals surface area contributed by atoms with Gasteiger partial charge in [0.1, 0.15) is 0 Å². The number of aryl methyl sites for hydroxylation is 2. The Bertz CT molecular complexity index is 583. The van der Waals surface area contributed by atoms with Crippen LogP contribution in [0.1, 0.15) is 49.2 Å². The average molecular weight is 258 g/mol. The first-order valence-electron chi connectivity index (χ1n) is 7.20. The number of hydrogen-bond donors (Lipinski definition) is 1. The molecule has 4 heteroatoms. The summed E-state index contributed by atoms with van der Waals surface area (Å²) in [5.74, 6) is 0.881. The van der Waals surface area contributed by atoms with E-state index in [1.807, 2.05) is 23.7 Å². The molecule has 19 heavy (non-hydrogen) atoms. The number of nitrogens with one attached hydrogen (secondary N) is 1. The van der Waals surface area contributed by atoms with Crippen molar-refractivity contribution in [1.82, 2.24) is 19.9 Å². The molecule has 102 valence electrons. The summed E-state index contributed by atoms with van der Waals surface area (Å²) >= 11 is 0. The van der Waals surface area contributed by atoms with E-state index in [9.17, 15) is 0 Å². The normalized spacial score (nSPS) is 17.6. The van der Waals surface area contributed by atoms with E-state index in [0.717, 1.165) is 23.8 Å². The molecule has 0 aliphatic heterocycles. The van der Waals surface area contributed by atoms with Crippen LogP contribution in [0.3, 0.4) is 0 Å². The highest BCUT2D eigenvalue weighted by molar-refractivity contribution is 5.42. The second-order valence-electron chi connectivity index (χ2n) is 5.78. The van der Waals surface area contributed by atoms with E-state index in [2.05, 4.69) is 29.2 Å². The van der Waals surface area contributed by atoms with E-state index in [1.165, 1.54) is 30.5 Å². The van der Waals surface area contributed by atoms with E-state index in [0.29, 0.717) is 6.04 Å². The number of nitrogens with zero attached hydrogens (tertiary/aromatic N) is 3. The van der Waals surface area contributed by atoms with Crippen LogP contribution in [-0.2, 0) is 0 Å². The lowest BCUT2D eigenvalue weighted by Gasteiger charge is -2.27. The molecule has 1 aliphatic carbocycles. The fourth-order valence-corrected chi connectivity index (χ4v) is 2.75. The molecule has 2 heterocycles. The van der Waals surface area contributed by atoms with Crippen molar-refractivity contribution in [2.75, 3.05) is 6.54 Å². The molecule has 0 radical (unpaired) electrons. The van der Waals surface area contributed by atoms with Crippen LogP contribution in [0.25, 0.3) is 5.65 Å². The van der Waals surface area contributed by atoms with E-state index in [4.69, 9.17) is 0 Å². The quantitative estimate of drug-likeness (QED) is 0.917. The zero-order chi connectivity index (χ0) is 13.4. The number of aromatic nitrogens is 3. The molecule has 0 bridgehead atoms. The van der Waals surface area contributed by atoms with E-state index < -0.39 is 0 Å².